The number of esters is 1. The molecule has 0 heterocycles. The molecule has 0 saturated heterocycles. The Morgan fingerprint density at radius 2 is 1.64 bits per heavy atom. The molecule has 28 heavy (non-hydrogen) atoms. The molecule has 6 nitrogen and oxygen atoms in total. The molecule has 2 N–H and O–H groups in total. The van der Waals surface area contributed by atoms with Gasteiger partial charge in [0.15, 0.2) is 0 Å². The lowest BCUT2D eigenvalue weighted by molar-refractivity contribution is -0.139. The van der Waals surface area contributed by atoms with Crippen molar-refractivity contribution >= 4 is 17.8 Å². The van der Waals surface area contributed by atoms with E-state index in [4.69, 9.17) is 0 Å². The Morgan fingerprint density at radius 1 is 1.04 bits per heavy atom. The number of carbonyl (C=O) groups is 3. The highest BCUT2D eigenvalue weighted by Crippen LogP contribution is 2.22. The van der Waals surface area contributed by atoms with Gasteiger partial charge < -0.3 is 15.2 Å². The maximum absolute atomic E-state index is 12.5. The first-order chi connectivity index (χ1) is 13.1. The number of carboxylic acids is 1. The summed E-state index contributed by atoms with van der Waals surface area (Å²) in [5.41, 5.74) is 2.37. The molecule has 0 aromatic heterocycles. The van der Waals surface area contributed by atoms with Gasteiger partial charge in [0, 0.05) is 12.0 Å². The van der Waals surface area contributed by atoms with Crippen LogP contribution in [-0.4, -0.2) is 36.1 Å². The third-order valence-corrected chi connectivity index (χ3v) is 4.41. The topological polar surface area (TPSA) is 92.7 Å². The van der Waals surface area contributed by atoms with Crippen LogP contribution >= 0.6 is 0 Å². The van der Waals surface area contributed by atoms with Crippen molar-refractivity contribution in [3.63, 3.8) is 0 Å². The minimum atomic E-state index is -1.13. The van der Waals surface area contributed by atoms with Gasteiger partial charge in [0.05, 0.1) is 12.7 Å². The predicted molar refractivity (Wildman–Crippen MR) is 106 cm³/mol. The fourth-order valence-corrected chi connectivity index (χ4v) is 2.72. The van der Waals surface area contributed by atoms with E-state index in [1.807, 2.05) is 24.3 Å². The second kappa shape index (κ2) is 8.69. The average Bonchev–Trinajstić information content (AvgIpc) is 2.66. The van der Waals surface area contributed by atoms with Gasteiger partial charge in [-0.25, -0.2) is 9.59 Å². The van der Waals surface area contributed by atoms with E-state index < -0.39 is 23.9 Å². The van der Waals surface area contributed by atoms with E-state index in [9.17, 15) is 19.5 Å². The van der Waals surface area contributed by atoms with Crippen LogP contribution < -0.4 is 5.32 Å². The van der Waals surface area contributed by atoms with Gasteiger partial charge in [0.25, 0.3) is 5.91 Å². The Bertz CT molecular complexity index is 865. The third kappa shape index (κ3) is 5.42. The average molecular weight is 383 g/mol. The number of hydrogen-bond donors (Lipinski definition) is 2. The van der Waals surface area contributed by atoms with E-state index in [2.05, 4.69) is 30.8 Å². The zero-order valence-electron chi connectivity index (χ0n) is 16.5. The molecule has 0 bridgehead atoms. The molecule has 2 aromatic carbocycles. The zero-order valence-corrected chi connectivity index (χ0v) is 16.5. The molecule has 0 aliphatic carbocycles. The van der Waals surface area contributed by atoms with Crippen LogP contribution in [0.2, 0.25) is 0 Å². The molecule has 1 amide bonds. The van der Waals surface area contributed by atoms with E-state index in [0.717, 1.165) is 11.1 Å². The maximum Gasteiger partial charge on any atom is 0.337 e. The fraction of sp³-hybridized carbons (Fsp3) is 0.318. The summed E-state index contributed by atoms with van der Waals surface area (Å²) in [5, 5.41) is 12.0. The van der Waals surface area contributed by atoms with Crippen LogP contribution in [0.3, 0.4) is 0 Å². The molecule has 148 valence electrons. The van der Waals surface area contributed by atoms with Crippen molar-refractivity contribution < 1.29 is 24.2 Å². The number of carboxylic acid groups (broad SMARTS) is 1. The SMILES string of the molecule is COC(=O)c1cccc(C(=O)N[C@@H](Cc2ccc(C(C)(C)C)cc2)C(=O)O)c1. The van der Waals surface area contributed by atoms with Gasteiger partial charge in [-0.05, 0) is 34.7 Å². The smallest absolute Gasteiger partial charge is 0.337 e. The Kier molecular flexibility index (Phi) is 6.57. The molecular formula is C22H25NO5. The summed E-state index contributed by atoms with van der Waals surface area (Å²) in [6.07, 6.45) is 0.155. The highest BCUT2D eigenvalue weighted by atomic mass is 16.5. The zero-order chi connectivity index (χ0) is 20.9. The van der Waals surface area contributed by atoms with Gasteiger partial charge in [0.1, 0.15) is 6.04 Å². The molecule has 1 atom stereocenters. The van der Waals surface area contributed by atoms with Gasteiger partial charge in [-0.2, -0.15) is 0 Å². The lowest BCUT2D eigenvalue weighted by Gasteiger charge is -2.20. The van der Waals surface area contributed by atoms with Gasteiger partial charge in [-0.1, -0.05) is 51.1 Å². The van der Waals surface area contributed by atoms with E-state index >= 15 is 0 Å². The van der Waals surface area contributed by atoms with Crippen LogP contribution in [0.5, 0.6) is 0 Å². The van der Waals surface area contributed by atoms with Crippen LogP contribution in [0, 0.1) is 0 Å². The van der Waals surface area contributed by atoms with E-state index in [-0.39, 0.29) is 23.0 Å². The van der Waals surface area contributed by atoms with Crippen LogP contribution in [-0.2, 0) is 21.4 Å². The fourth-order valence-electron chi connectivity index (χ4n) is 2.72. The van der Waals surface area contributed by atoms with E-state index in [1.54, 1.807) is 6.07 Å². The Balaban J connectivity index is 2.14. The number of aliphatic carboxylic acids is 1. The minimum Gasteiger partial charge on any atom is -0.480 e. The Morgan fingerprint density at radius 3 is 2.18 bits per heavy atom. The molecule has 0 aliphatic rings. The molecule has 0 saturated carbocycles. The molecule has 0 spiro atoms. The van der Waals surface area contributed by atoms with Crippen molar-refractivity contribution in [1.29, 1.82) is 0 Å². The van der Waals surface area contributed by atoms with Crippen molar-refractivity contribution in [3.05, 3.63) is 70.8 Å². The summed E-state index contributed by atoms with van der Waals surface area (Å²) in [6, 6.07) is 12.6. The highest BCUT2D eigenvalue weighted by molar-refractivity contribution is 5.99. The van der Waals surface area contributed by atoms with Crippen LogP contribution in [0.15, 0.2) is 48.5 Å². The normalized spacial score (nSPS) is 12.1. The summed E-state index contributed by atoms with van der Waals surface area (Å²) in [5.74, 6) is -2.26. The van der Waals surface area contributed by atoms with Gasteiger partial charge in [-0.3, -0.25) is 4.79 Å². The number of rotatable bonds is 6. The number of benzene rings is 2. The summed E-state index contributed by atoms with van der Waals surface area (Å²) in [7, 11) is 1.25. The maximum atomic E-state index is 12.5. The van der Waals surface area contributed by atoms with Crippen molar-refractivity contribution in [2.24, 2.45) is 0 Å². The summed E-state index contributed by atoms with van der Waals surface area (Å²) in [6.45, 7) is 6.31. The summed E-state index contributed by atoms with van der Waals surface area (Å²) in [4.78, 5) is 35.7. The molecule has 0 unspecified atom stereocenters. The highest BCUT2D eigenvalue weighted by Gasteiger charge is 2.22. The number of amides is 1. The van der Waals surface area contributed by atoms with Crippen molar-refractivity contribution in [2.45, 2.75) is 38.6 Å². The van der Waals surface area contributed by atoms with Gasteiger partial charge in [0.2, 0.25) is 0 Å². The van der Waals surface area contributed by atoms with Crippen molar-refractivity contribution in [3.8, 4) is 0 Å². The van der Waals surface area contributed by atoms with Crippen LogP contribution in [0.25, 0.3) is 0 Å². The van der Waals surface area contributed by atoms with E-state index in [1.165, 1.54) is 25.3 Å². The second-order valence-corrected chi connectivity index (χ2v) is 7.59. The Hall–Kier alpha value is -3.15. The van der Waals surface area contributed by atoms with E-state index in [0.29, 0.717) is 0 Å². The quantitative estimate of drug-likeness (QED) is 0.748. The van der Waals surface area contributed by atoms with Crippen molar-refractivity contribution in [2.75, 3.05) is 7.11 Å². The molecule has 0 radical (unpaired) electrons. The monoisotopic (exact) mass is 383 g/mol. The predicted octanol–water partition coefficient (Wildman–Crippen LogP) is 3.20. The van der Waals surface area contributed by atoms with Crippen molar-refractivity contribution in [1.82, 2.24) is 5.32 Å². The number of carbonyl (C=O) groups excluding carboxylic acids is 2. The first-order valence-electron chi connectivity index (χ1n) is 8.93. The van der Waals surface area contributed by atoms with Gasteiger partial charge >= 0.3 is 11.9 Å². The standard InChI is InChI=1S/C22H25NO5/c1-22(2,3)17-10-8-14(9-11-17)12-18(20(25)26)23-19(24)15-6-5-7-16(13-15)21(27)28-4/h5-11,13,18H,12H2,1-4H3,(H,23,24)(H,25,26)/t18-/m0/s1. The summed E-state index contributed by atoms with van der Waals surface area (Å²) >= 11 is 0. The first-order valence-corrected chi connectivity index (χ1v) is 8.93. The Labute approximate surface area is 164 Å². The largest absolute Gasteiger partial charge is 0.480 e. The molecule has 2 rings (SSSR count). The number of nitrogens with one attached hydrogen (secondary N) is 1. The number of methoxy groups -OCH3 is 1. The molecule has 0 fully saturated rings. The lowest BCUT2D eigenvalue weighted by Crippen LogP contribution is -2.42. The number of ether oxygens (including phenoxy) is 1. The molecular weight excluding hydrogens is 358 g/mol. The molecule has 0 aliphatic heterocycles. The van der Waals surface area contributed by atoms with Crippen LogP contribution in [0.1, 0.15) is 52.6 Å². The van der Waals surface area contributed by atoms with Gasteiger partial charge in [-0.15, -0.1) is 0 Å². The number of hydrogen-bond acceptors (Lipinski definition) is 4. The lowest BCUT2D eigenvalue weighted by atomic mass is 9.86. The third-order valence-electron chi connectivity index (χ3n) is 4.41. The summed E-state index contributed by atoms with van der Waals surface area (Å²) < 4.78 is 4.64. The molecule has 6 heteroatoms. The second-order valence-electron chi connectivity index (χ2n) is 7.59. The molecule has 2 aromatic rings. The first kappa shape index (κ1) is 21.2. The minimum absolute atomic E-state index is 0.00357. The van der Waals surface area contributed by atoms with Crippen LogP contribution in [0.4, 0.5) is 0 Å².